The van der Waals surface area contributed by atoms with Crippen LogP contribution in [0, 0.1) is 5.82 Å². The summed E-state index contributed by atoms with van der Waals surface area (Å²) >= 11 is 5.91. The van der Waals surface area contributed by atoms with Crippen LogP contribution >= 0.6 is 11.6 Å². The fraction of sp³-hybridized carbons (Fsp3) is 0.125. The first-order valence-electron chi connectivity index (χ1n) is 6.49. The first-order valence-corrected chi connectivity index (χ1v) is 6.87. The number of ether oxygens (including phenoxy) is 2. The Morgan fingerprint density at radius 1 is 1.13 bits per heavy atom. The number of hydrogen-bond acceptors (Lipinski definition) is 5. The molecule has 0 amide bonds. The largest absolute Gasteiger partial charge is 0.465 e. The predicted octanol–water partition coefficient (Wildman–Crippen LogP) is 2.97. The van der Waals surface area contributed by atoms with E-state index in [2.05, 4.69) is 4.74 Å². The topological polar surface area (TPSA) is 55.8 Å². The van der Waals surface area contributed by atoms with Crippen LogP contribution in [0.3, 0.4) is 0 Å². The van der Waals surface area contributed by atoms with Crippen molar-refractivity contribution in [1.82, 2.24) is 0 Å². The number of halogens is 2. The fourth-order valence-electron chi connectivity index (χ4n) is 2.02. The van der Waals surface area contributed by atoms with Crippen molar-refractivity contribution < 1.29 is 23.5 Å². The number of methoxy groups -OCH3 is 2. The van der Waals surface area contributed by atoms with Crippen molar-refractivity contribution in [2.24, 2.45) is 0 Å². The molecule has 0 bridgehead atoms. The van der Waals surface area contributed by atoms with Crippen LogP contribution in [0.2, 0.25) is 5.02 Å². The van der Waals surface area contributed by atoms with Gasteiger partial charge < -0.3 is 14.4 Å². The Balaban J connectivity index is 2.71. The molecule has 1 aliphatic rings. The molecule has 0 fully saturated rings. The summed E-state index contributed by atoms with van der Waals surface area (Å²) in [6.07, 6.45) is 5.88. The second-order valence-corrected chi connectivity index (χ2v) is 4.85. The van der Waals surface area contributed by atoms with Crippen LogP contribution in [0.1, 0.15) is 0 Å². The number of benzene rings is 1. The molecule has 5 nitrogen and oxygen atoms in total. The summed E-state index contributed by atoms with van der Waals surface area (Å²) in [5.41, 5.74) is -0.242. The molecule has 0 saturated carbocycles. The molecule has 0 aromatic heterocycles. The molecule has 2 rings (SSSR count). The van der Waals surface area contributed by atoms with E-state index in [1.807, 2.05) is 0 Å². The van der Waals surface area contributed by atoms with Crippen molar-refractivity contribution in [2.45, 2.75) is 0 Å². The molecule has 1 aliphatic heterocycles. The van der Waals surface area contributed by atoms with Gasteiger partial charge in [0.15, 0.2) is 0 Å². The average molecular weight is 338 g/mol. The third-order valence-electron chi connectivity index (χ3n) is 3.06. The van der Waals surface area contributed by atoms with Gasteiger partial charge in [-0.3, -0.25) is 0 Å². The summed E-state index contributed by atoms with van der Waals surface area (Å²) < 4.78 is 23.6. The number of nitrogens with zero attached hydrogens (tertiary/aromatic N) is 1. The number of esters is 2. The zero-order chi connectivity index (χ0) is 17.0. The van der Waals surface area contributed by atoms with Crippen LogP contribution in [0.5, 0.6) is 0 Å². The predicted molar refractivity (Wildman–Crippen MR) is 83.2 cm³/mol. The Kier molecular flexibility index (Phi) is 5.18. The Bertz CT molecular complexity index is 740. The summed E-state index contributed by atoms with van der Waals surface area (Å²) in [6.45, 7) is 0. The maximum atomic E-state index is 14.2. The van der Waals surface area contributed by atoms with Crippen LogP contribution in [-0.2, 0) is 19.1 Å². The van der Waals surface area contributed by atoms with Crippen LogP contribution in [0.4, 0.5) is 10.1 Å². The summed E-state index contributed by atoms with van der Waals surface area (Å²) in [7, 11) is 2.34. The standard InChI is InChI=1S/C16H13ClFNO4/c1-22-15(20)11-5-3-4-8-19(14(11)16(21)23-2)13-9-10(17)6-7-12(13)18/h3-9H,1-2H3. The maximum Gasteiger partial charge on any atom is 0.355 e. The van der Waals surface area contributed by atoms with Gasteiger partial charge in [0.05, 0.1) is 25.5 Å². The number of anilines is 1. The molecule has 23 heavy (non-hydrogen) atoms. The first-order chi connectivity index (χ1) is 11.0. The highest BCUT2D eigenvalue weighted by Crippen LogP contribution is 2.30. The van der Waals surface area contributed by atoms with E-state index in [4.69, 9.17) is 16.3 Å². The van der Waals surface area contributed by atoms with Crippen LogP contribution in [0.25, 0.3) is 0 Å². The van der Waals surface area contributed by atoms with E-state index in [0.717, 1.165) is 13.2 Å². The lowest BCUT2D eigenvalue weighted by Gasteiger charge is -2.23. The van der Waals surface area contributed by atoms with E-state index in [0.29, 0.717) is 0 Å². The minimum absolute atomic E-state index is 0.000692. The molecule has 0 atom stereocenters. The zero-order valence-electron chi connectivity index (χ0n) is 12.4. The number of hydrogen-bond donors (Lipinski definition) is 0. The van der Waals surface area contributed by atoms with E-state index in [9.17, 15) is 14.0 Å². The van der Waals surface area contributed by atoms with Gasteiger partial charge in [-0.25, -0.2) is 14.0 Å². The van der Waals surface area contributed by atoms with Crippen LogP contribution in [0.15, 0.2) is 53.9 Å². The van der Waals surface area contributed by atoms with E-state index >= 15 is 0 Å². The summed E-state index contributed by atoms with van der Waals surface area (Å²) in [5.74, 6) is -2.19. The van der Waals surface area contributed by atoms with E-state index in [1.54, 1.807) is 6.08 Å². The molecular formula is C16H13ClFNO4. The van der Waals surface area contributed by atoms with Gasteiger partial charge >= 0.3 is 11.9 Å². The minimum atomic E-state index is -0.819. The smallest absolute Gasteiger partial charge is 0.355 e. The molecule has 1 aromatic rings. The SMILES string of the molecule is COC(=O)C1=C(C(=O)OC)N(c2cc(Cl)ccc2F)C=CC=C1. The molecule has 120 valence electrons. The lowest BCUT2D eigenvalue weighted by molar-refractivity contribution is -0.139. The quantitative estimate of drug-likeness (QED) is 0.794. The van der Waals surface area contributed by atoms with Crippen molar-refractivity contribution >= 4 is 29.2 Å². The molecule has 1 aromatic carbocycles. The number of allylic oxidation sites excluding steroid dienone is 2. The molecule has 0 N–H and O–H groups in total. The Morgan fingerprint density at radius 3 is 2.48 bits per heavy atom. The van der Waals surface area contributed by atoms with Crippen molar-refractivity contribution in [3.8, 4) is 0 Å². The highest BCUT2D eigenvalue weighted by Gasteiger charge is 2.28. The zero-order valence-corrected chi connectivity index (χ0v) is 13.1. The summed E-state index contributed by atoms with van der Waals surface area (Å²) in [6, 6.07) is 3.88. The maximum absolute atomic E-state index is 14.2. The van der Waals surface area contributed by atoms with Crippen molar-refractivity contribution in [3.63, 3.8) is 0 Å². The number of carbonyl (C=O) groups excluding carboxylic acids is 2. The summed E-state index contributed by atoms with van der Waals surface area (Å²) in [4.78, 5) is 25.3. The van der Waals surface area contributed by atoms with Gasteiger partial charge in [0.2, 0.25) is 0 Å². The molecule has 0 saturated heterocycles. The molecule has 0 radical (unpaired) electrons. The number of rotatable bonds is 3. The van der Waals surface area contributed by atoms with Crippen LogP contribution in [-0.4, -0.2) is 26.2 Å². The molecule has 0 unspecified atom stereocenters. The van der Waals surface area contributed by atoms with Crippen molar-refractivity contribution in [1.29, 1.82) is 0 Å². The van der Waals surface area contributed by atoms with E-state index in [-0.39, 0.29) is 22.0 Å². The lowest BCUT2D eigenvalue weighted by Crippen LogP contribution is -2.27. The molecule has 0 aliphatic carbocycles. The highest BCUT2D eigenvalue weighted by molar-refractivity contribution is 6.30. The van der Waals surface area contributed by atoms with Gasteiger partial charge in [-0.2, -0.15) is 0 Å². The Labute approximate surface area is 137 Å². The third kappa shape index (κ3) is 3.43. The van der Waals surface area contributed by atoms with Crippen molar-refractivity contribution in [3.05, 3.63) is 64.7 Å². The fourth-order valence-corrected chi connectivity index (χ4v) is 2.19. The molecule has 0 spiro atoms. The average Bonchev–Trinajstić information content (AvgIpc) is 2.78. The molecular weight excluding hydrogens is 325 g/mol. The highest BCUT2D eigenvalue weighted by atomic mass is 35.5. The van der Waals surface area contributed by atoms with Gasteiger partial charge in [-0.1, -0.05) is 17.7 Å². The van der Waals surface area contributed by atoms with Gasteiger partial charge in [0.25, 0.3) is 0 Å². The third-order valence-corrected chi connectivity index (χ3v) is 3.29. The van der Waals surface area contributed by atoms with Crippen molar-refractivity contribution in [2.75, 3.05) is 19.1 Å². The normalized spacial score (nSPS) is 13.8. The van der Waals surface area contributed by atoms with Gasteiger partial charge in [-0.15, -0.1) is 0 Å². The number of carbonyl (C=O) groups is 2. The monoisotopic (exact) mass is 337 g/mol. The van der Waals surface area contributed by atoms with E-state index < -0.39 is 17.8 Å². The van der Waals surface area contributed by atoms with Gasteiger partial charge in [0.1, 0.15) is 11.5 Å². The van der Waals surface area contributed by atoms with Gasteiger partial charge in [0, 0.05) is 11.2 Å². The lowest BCUT2D eigenvalue weighted by atomic mass is 10.1. The summed E-state index contributed by atoms with van der Waals surface area (Å²) in [5, 5.41) is 0.274. The van der Waals surface area contributed by atoms with Crippen LogP contribution < -0.4 is 4.90 Å². The molecule has 1 heterocycles. The second kappa shape index (κ2) is 7.11. The Morgan fingerprint density at radius 2 is 1.83 bits per heavy atom. The second-order valence-electron chi connectivity index (χ2n) is 4.41. The molecule has 7 heteroatoms. The van der Waals surface area contributed by atoms with E-state index in [1.165, 1.54) is 42.5 Å². The first kappa shape index (κ1) is 16.8. The minimum Gasteiger partial charge on any atom is -0.465 e. The van der Waals surface area contributed by atoms with Gasteiger partial charge in [-0.05, 0) is 30.4 Å². The Hall–Kier alpha value is -2.60.